The third-order valence-corrected chi connectivity index (χ3v) is 8.66. The molecule has 0 bridgehead atoms. The number of amides is 1. The van der Waals surface area contributed by atoms with Gasteiger partial charge >= 0.3 is 0 Å². The highest BCUT2D eigenvalue weighted by Crippen LogP contribution is 2.28. The molecule has 1 aliphatic rings. The summed E-state index contributed by atoms with van der Waals surface area (Å²) in [5, 5.41) is 4.17. The number of carbonyl (C=O) groups excluding carboxylic acids is 1. The van der Waals surface area contributed by atoms with Gasteiger partial charge in [-0.3, -0.25) is 4.79 Å². The minimum Gasteiger partial charge on any atom is -0.351 e. The SMILES string of the molecule is O=C(NCCSCc1c(Cl)cccc1Cl)c1ccc(CS(=O)(=O)N2CCCCC2)cc1. The Morgan fingerprint density at radius 3 is 2.29 bits per heavy atom. The summed E-state index contributed by atoms with van der Waals surface area (Å²) in [6, 6.07) is 12.2. The van der Waals surface area contributed by atoms with Crippen LogP contribution in [0.3, 0.4) is 0 Å². The first-order chi connectivity index (χ1) is 14.9. The number of carbonyl (C=O) groups is 1. The van der Waals surface area contributed by atoms with Gasteiger partial charge in [-0.05, 0) is 48.2 Å². The van der Waals surface area contributed by atoms with Crippen LogP contribution in [0.1, 0.15) is 40.7 Å². The molecule has 168 valence electrons. The van der Waals surface area contributed by atoms with Crippen LogP contribution >= 0.6 is 35.0 Å². The molecule has 0 spiro atoms. The van der Waals surface area contributed by atoms with E-state index in [2.05, 4.69) is 5.32 Å². The molecule has 0 aliphatic carbocycles. The van der Waals surface area contributed by atoms with Gasteiger partial charge in [-0.25, -0.2) is 12.7 Å². The van der Waals surface area contributed by atoms with Gasteiger partial charge in [-0.2, -0.15) is 11.8 Å². The number of benzene rings is 2. The zero-order valence-corrected chi connectivity index (χ0v) is 20.3. The average Bonchev–Trinajstić information content (AvgIpc) is 2.76. The van der Waals surface area contributed by atoms with Crippen molar-refractivity contribution in [3.8, 4) is 0 Å². The molecule has 0 unspecified atom stereocenters. The first-order valence-corrected chi connectivity index (χ1v) is 13.7. The third kappa shape index (κ3) is 7.12. The van der Waals surface area contributed by atoms with Gasteiger partial charge in [0.05, 0.1) is 5.75 Å². The van der Waals surface area contributed by atoms with Crippen LogP contribution in [0.2, 0.25) is 10.0 Å². The summed E-state index contributed by atoms with van der Waals surface area (Å²) in [6.07, 6.45) is 2.92. The quantitative estimate of drug-likeness (QED) is 0.493. The highest BCUT2D eigenvalue weighted by molar-refractivity contribution is 7.98. The fraction of sp³-hybridized carbons (Fsp3) is 0.409. The van der Waals surface area contributed by atoms with E-state index in [1.54, 1.807) is 40.3 Å². The summed E-state index contributed by atoms with van der Waals surface area (Å²) in [7, 11) is -3.31. The molecule has 5 nitrogen and oxygen atoms in total. The number of rotatable bonds is 9. The Morgan fingerprint density at radius 1 is 1.00 bits per heavy atom. The molecule has 2 aromatic carbocycles. The number of nitrogens with one attached hydrogen (secondary N) is 1. The van der Waals surface area contributed by atoms with Gasteiger partial charge in [0.25, 0.3) is 5.91 Å². The summed E-state index contributed by atoms with van der Waals surface area (Å²) in [5.41, 5.74) is 2.10. The lowest BCUT2D eigenvalue weighted by molar-refractivity contribution is 0.0956. The monoisotopic (exact) mass is 500 g/mol. The van der Waals surface area contributed by atoms with Crippen LogP contribution in [0.5, 0.6) is 0 Å². The largest absolute Gasteiger partial charge is 0.351 e. The van der Waals surface area contributed by atoms with Crippen molar-refractivity contribution in [3.63, 3.8) is 0 Å². The van der Waals surface area contributed by atoms with E-state index in [1.165, 1.54) is 0 Å². The number of piperidine rings is 1. The van der Waals surface area contributed by atoms with Crippen molar-refractivity contribution < 1.29 is 13.2 Å². The molecule has 31 heavy (non-hydrogen) atoms. The summed E-state index contributed by atoms with van der Waals surface area (Å²) in [6.45, 7) is 1.71. The second-order valence-corrected chi connectivity index (χ2v) is 11.3. The van der Waals surface area contributed by atoms with Gasteiger partial charge in [-0.1, -0.05) is 47.8 Å². The minimum absolute atomic E-state index is 0.0316. The molecule has 1 amide bonds. The van der Waals surface area contributed by atoms with Crippen molar-refractivity contribution in [2.24, 2.45) is 0 Å². The predicted octanol–water partition coefficient (Wildman–Crippen LogP) is 4.97. The van der Waals surface area contributed by atoms with Crippen molar-refractivity contribution in [2.45, 2.75) is 30.8 Å². The van der Waals surface area contributed by atoms with Crippen LogP contribution < -0.4 is 5.32 Å². The summed E-state index contributed by atoms with van der Waals surface area (Å²) < 4.78 is 26.7. The van der Waals surface area contributed by atoms with Gasteiger partial charge in [0.1, 0.15) is 0 Å². The Balaban J connectivity index is 1.43. The first-order valence-electron chi connectivity index (χ1n) is 10.2. The average molecular weight is 502 g/mol. The van der Waals surface area contributed by atoms with Crippen molar-refractivity contribution in [1.29, 1.82) is 0 Å². The van der Waals surface area contributed by atoms with E-state index < -0.39 is 10.0 Å². The molecule has 0 radical (unpaired) electrons. The lowest BCUT2D eigenvalue weighted by Gasteiger charge is -2.25. The van der Waals surface area contributed by atoms with Crippen LogP contribution in [0, 0.1) is 0 Å². The van der Waals surface area contributed by atoms with Gasteiger partial charge in [0.2, 0.25) is 10.0 Å². The molecular weight excluding hydrogens is 475 g/mol. The highest BCUT2D eigenvalue weighted by atomic mass is 35.5. The molecule has 1 N–H and O–H groups in total. The number of hydrogen-bond acceptors (Lipinski definition) is 4. The van der Waals surface area contributed by atoms with Crippen LogP contribution in [-0.4, -0.2) is 44.0 Å². The molecule has 1 heterocycles. The molecule has 2 aromatic rings. The van der Waals surface area contributed by atoms with E-state index in [0.29, 0.717) is 46.6 Å². The standard InChI is InChI=1S/C22H26Cl2N2O3S2/c23-20-5-4-6-21(24)19(20)15-30-14-11-25-22(27)18-9-7-17(8-10-18)16-31(28,29)26-12-2-1-3-13-26/h4-10H,1-3,11-16H2,(H,25,27). The Morgan fingerprint density at radius 2 is 1.65 bits per heavy atom. The zero-order chi connectivity index (χ0) is 22.3. The Bertz CT molecular complexity index is 972. The normalized spacial score (nSPS) is 15.0. The number of halogens is 2. The minimum atomic E-state index is -3.31. The van der Waals surface area contributed by atoms with E-state index in [9.17, 15) is 13.2 Å². The fourth-order valence-electron chi connectivity index (χ4n) is 3.38. The second-order valence-electron chi connectivity index (χ2n) is 7.42. The van der Waals surface area contributed by atoms with Gasteiger partial charge in [-0.15, -0.1) is 0 Å². The third-order valence-electron chi connectivity index (χ3n) is 5.11. The molecule has 3 rings (SSSR count). The smallest absolute Gasteiger partial charge is 0.251 e. The maximum absolute atomic E-state index is 12.5. The Kier molecular flexibility index (Phi) is 9.10. The summed E-state index contributed by atoms with van der Waals surface area (Å²) in [5.74, 6) is 1.19. The van der Waals surface area contributed by atoms with Crippen LogP contribution in [0.4, 0.5) is 0 Å². The van der Waals surface area contributed by atoms with Gasteiger partial charge in [0.15, 0.2) is 0 Å². The first kappa shape index (κ1) is 24.4. The molecule has 1 fully saturated rings. The van der Waals surface area contributed by atoms with E-state index in [0.717, 1.165) is 30.6 Å². The zero-order valence-electron chi connectivity index (χ0n) is 17.1. The van der Waals surface area contributed by atoms with Crippen molar-refractivity contribution in [2.75, 3.05) is 25.4 Å². The molecule has 1 saturated heterocycles. The lowest BCUT2D eigenvalue weighted by Crippen LogP contribution is -2.36. The van der Waals surface area contributed by atoms with Crippen molar-refractivity contribution in [3.05, 3.63) is 69.2 Å². The van der Waals surface area contributed by atoms with Crippen LogP contribution in [0.15, 0.2) is 42.5 Å². The van der Waals surface area contributed by atoms with Crippen molar-refractivity contribution >= 4 is 50.9 Å². The number of sulfonamides is 1. The number of thioether (sulfide) groups is 1. The molecule has 0 saturated carbocycles. The van der Waals surface area contributed by atoms with E-state index in [4.69, 9.17) is 23.2 Å². The Hall–Kier alpha value is -1.25. The fourth-order valence-corrected chi connectivity index (χ4v) is 6.59. The lowest BCUT2D eigenvalue weighted by atomic mass is 10.1. The van der Waals surface area contributed by atoms with Crippen molar-refractivity contribution in [1.82, 2.24) is 9.62 Å². The topological polar surface area (TPSA) is 66.5 Å². The number of nitrogens with zero attached hydrogens (tertiary/aromatic N) is 1. The molecule has 9 heteroatoms. The predicted molar refractivity (Wildman–Crippen MR) is 129 cm³/mol. The molecule has 1 aliphatic heterocycles. The molecule has 0 aromatic heterocycles. The molecular formula is C22H26Cl2N2O3S2. The van der Waals surface area contributed by atoms with E-state index in [1.807, 2.05) is 18.2 Å². The van der Waals surface area contributed by atoms with Crippen LogP contribution in [0.25, 0.3) is 0 Å². The maximum atomic E-state index is 12.5. The van der Waals surface area contributed by atoms with Gasteiger partial charge in [0, 0.05) is 46.7 Å². The van der Waals surface area contributed by atoms with Gasteiger partial charge < -0.3 is 5.32 Å². The van der Waals surface area contributed by atoms with E-state index in [-0.39, 0.29) is 11.7 Å². The maximum Gasteiger partial charge on any atom is 0.251 e. The number of hydrogen-bond donors (Lipinski definition) is 1. The van der Waals surface area contributed by atoms with Crippen LogP contribution in [-0.2, 0) is 21.5 Å². The van der Waals surface area contributed by atoms with E-state index >= 15 is 0 Å². The Labute approximate surface area is 198 Å². The molecule has 0 atom stereocenters. The summed E-state index contributed by atoms with van der Waals surface area (Å²) >= 11 is 14.0. The summed E-state index contributed by atoms with van der Waals surface area (Å²) in [4.78, 5) is 12.3. The second kappa shape index (κ2) is 11.6. The highest BCUT2D eigenvalue weighted by Gasteiger charge is 2.24.